The van der Waals surface area contributed by atoms with Gasteiger partial charge in [-0.15, -0.1) is 0 Å². The molecule has 152 valence electrons. The number of hydrogen-bond acceptors (Lipinski definition) is 6. The number of sulfonamides is 1. The summed E-state index contributed by atoms with van der Waals surface area (Å²) in [6.45, 7) is -0.0583. The molecule has 1 atom stereocenters. The van der Waals surface area contributed by atoms with Gasteiger partial charge in [0.2, 0.25) is 27.6 Å². The number of benzene rings is 2. The molecular weight excluding hydrogens is 416 g/mol. The maximum Gasteiger partial charge on any atom is 0.246 e. The van der Waals surface area contributed by atoms with Crippen LogP contribution in [-0.2, 0) is 21.4 Å². The summed E-state index contributed by atoms with van der Waals surface area (Å²) >= 11 is 6.13. The Kier molecular flexibility index (Phi) is 6.31. The van der Waals surface area contributed by atoms with E-state index in [1.807, 2.05) is 0 Å². The first kappa shape index (κ1) is 21.0. The Balaban J connectivity index is 1.77. The van der Waals surface area contributed by atoms with Crippen LogP contribution in [0.4, 0.5) is 0 Å². The van der Waals surface area contributed by atoms with Crippen molar-refractivity contribution in [3.05, 3.63) is 71.1 Å². The van der Waals surface area contributed by atoms with Crippen LogP contribution in [0.5, 0.6) is 0 Å². The number of nitrogens with one attached hydrogen (secondary N) is 1. The van der Waals surface area contributed by atoms with Gasteiger partial charge in [0.15, 0.2) is 0 Å². The first-order valence-corrected chi connectivity index (χ1v) is 10.8. The van der Waals surface area contributed by atoms with Crippen LogP contribution in [0.15, 0.2) is 59.1 Å². The summed E-state index contributed by atoms with van der Waals surface area (Å²) in [6, 6.07) is 14.6. The molecule has 0 unspecified atom stereocenters. The fraction of sp³-hybridized carbons (Fsp3) is 0.211. The lowest BCUT2D eigenvalue weighted by Gasteiger charge is -2.25. The van der Waals surface area contributed by atoms with E-state index < -0.39 is 22.0 Å². The van der Waals surface area contributed by atoms with E-state index in [0.29, 0.717) is 22.0 Å². The minimum absolute atomic E-state index is 0.0583. The van der Waals surface area contributed by atoms with Crippen molar-refractivity contribution in [1.82, 2.24) is 19.8 Å². The second-order valence-corrected chi connectivity index (χ2v) is 8.75. The molecule has 0 bridgehead atoms. The number of amides is 1. The van der Waals surface area contributed by atoms with Crippen molar-refractivity contribution in [2.75, 3.05) is 13.3 Å². The van der Waals surface area contributed by atoms with E-state index in [4.69, 9.17) is 16.1 Å². The number of hydrogen-bond donors (Lipinski definition) is 1. The molecule has 0 saturated heterocycles. The van der Waals surface area contributed by atoms with Gasteiger partial charge in [-0.1, -0.05) is 59.2 Å². The van der Waals surface area contributed by atoms with Crippen LogP contribution in [0.1, 0.15) is 17.5 Å². The zero-order chi connectivity index (χ0) is 21.0. The second kappa shape index (κ2) is 8.73. The first-order chi connectivity index (χ1) is 13.8. The molecule has 0 saturated carbocycles. The molecule has 2 aromatic carbocycles. The molecule has 0 fully saturated rings. The Morgan fingerprint density at radius 1 is 1.17 bits per heavy atom. The Hall–Kier alpha value is -2.75. The predicted octanol–water partition coefficient (Wildman–Crippen LogP) is 2.64. The molecule has 3 rings (SSSR count). The van der Waals surface area contributed by atoms with Crippen LogP contribution < -0.4 is 5.32 Å². The third-order valence-corrected chi connectivity index (χ3v) is 5.83. The van der Waals surface area contributed by atoms with Crippen LogP contribution >= 0.6 is 11.6 Å². The van der Waals surface area contributed by atoms with Gasteiger partial charge in [0.1, 0.15) is 6.04 Å². The monoisotopic (exact) mass is 434 g/mol. The van der Waals surface area contributed by atoms with E-state index in [2.05, 4.69) is 15.5 Å². The van der Waals surface area contributed by atoms with Crippen LogP contribution in [0.3, 0.4) is 0 Å². The Morgan fingerprint density at radius 3 is 2.48 bits per heavy atom. The summed E-state index contributed by atoms with van der Waals surface area (Å²) in [6.07, 6.45) is 1.05. The highest BCUT2D eigenvalue weighted by Crippen LogP contribution is 2.25. The Labute approximate surface area is 173 Å². The average molecular weight is 435 g/mol. The molecule has 0 aliphatic carbocycles. The molecule has 8 nitrogen and oxygen atoms in total. The van der Waals surface area contributed by atoms with Crippen LogP contribution in [-0.4, -0.2) is 42.1 Å². The highest BCUT2D eigenvalue weighted by Gasteiger charge is 2.30. The normalized spacial score (nSPS) is 12.7. The molecule has 0 radical (unpaired) electrons. The fourth-order valence-corrected chi connectivity index (χ4v) is 3.51. The van der Waals surface area contributed by atoms with Crippen molar-refractivity contribution in [2.24, 2.45) is 0 Å². The molecule has 3 aromatic rings. The van der Waals surface area contributed by atoms with Crippen LogP contribution in [0.25, 0.3) is 11.4 Å². The standard InChI is InChI=1S/C19H19ClN4O4S/c1-24(29(2,26)27)17(13-8-4-3-5-9-13)19(25)21-12-16-22-18(23-28-16)14-10-6-7-11-15(14)20/h3-11,17H,12H2,1-2H3,(H,21,25)/t17-/m0/s1. The largest absolute Gasteiger partial charge is 0.345 e. The van der Waals surface area contributed by atoms with E-state index in [1.165, 1.54) is 7.05 Å². The molecule has 0 aliphatic rings. The van der Waals surface area contributed by atoms with Gasteiger partial charge in [-0.2, -0.15) is 9.29 Å². The molecule has 1 aromatic heterocycles. The minimum Gasteiger partial charge on any atom is -0.345 e. The zero-order valence-corrected chi connectivity index (χ0v) is 17.3. The molecule has 10 heteroatoms. The second-order valence-electron chi connectivity index (χ2n) is 6.30. The molecule has 1 amide bonds. The van der Waals surface area contributed by atoms with Gasteiger partial charge in [0.25, 0.3) is 0 Å². The summed E-state index contributed by atoms with van der Waals surface area (Å²) < 4.78 is 30.2. The smallest absolute Gasteiger partial charge is 0.246 e. The topological polar surface area (TPSA) is 105 Å². The van der Waals surface area contributed by atoms with Crippen molar-refractivity contribution >= 4 is 27.5 Å². The maximum absolute atomic E-state index is 12.8. The maximum atomic E-state index is 12.8. The van der Waals surface area contributed by atoms with E-state index in [9.17, 15) is 13.2 Å². The van der Waals surface area contributed by atoms with Gasteiger partial charge in [0, 0.05) is 12.6 Å². The molecule has 0 spiro atoms. The number of likely N-dealkylation sites (N-methyl/N-ethyl adjacent to an activating group) is 1. The van der Waals surface area contributed by atoms with Gasteiger partial charge in [-0.25, -0.2) is 8.42 Å². The highest BCUT2D eigenvalue weighted by molar-refractivity contribution is 7.88. The number of aromatic nitrogens is 2. The minimum atomic E-state index is -3.61. The van der Waals surface area contributed by atoms with E-state index in [1.54, 1.807) is 54.6 Å². The molecular formula is C19H19ClN4O4S. The van der Waals surface area contributed by atoms with E-state index in [0.717, 1.165) is 10.6 Å². The van der Waals surface area contributed by atoms with Gasteiger partial charge < -0.3 is 9.84 Å². The average Bonchev–Trinajstić information content (AvgIpc) is 3.16. The van der Waals surface area contributed by atoms with Crippen molar-refractivity contribution in [3.63, 3.8) is 0 Å². The Bertz CT molecular complexity index is 1100. The zero-order valence-electron chi connectivity index (χ0n) is 15.7. The number of nitrogens with zero attached hydrogens (tertiary/aromatic N) is 3. The Morgan fingerprint density at radius 2 is 1.83 bits per heavy atom. The van der Waals surface area contributed by atoms with Gasteiger partial charge in [-0.05, 0) is 17.7 Å². The summed E-state index contributed by atoms with van der Waals surface area (Å²) in [4.78, 5) is 17.0. The third-order valence-electron chi connectivity index (χ3n) is 4.25. The van der Waals surface area contributed by atoms with Gasteiger partial charge >= 0.3 is 0 Å². The van der Waals surface area contributed by atoms with Crippen molar-refractivity contribution < 1.29 is 17.7 Å². The molecule has 29 heavy (non-hydrogen) atoms. The molecule has 1 heterocycles. The van der Waals surface area contributed by atoms with E-state index in [-0.39, 0.29) is 12.4 Å². The quantitative estimate of drug-likeness (QED) is 0.612. The van der Waals surface area contributed by atoms with Crippen LogP contribution in [0.2, 0.25) is 5.02 Å². The van der Waals surface area contributed by atoms with Crippen molar-refractivity contribution in [2.45, 2.75) is 12.6 Å². The first-order valence-electron chi connectivity index (χ1n) is 8.60. The summed E-state index contributed by atoms with van der Waals surface area (Å²) in [5, 5.41) is 7.00. The van der Waals surface area contributed by atoms with Crippen molar-refractivity contribution in [1.29, 1.82) is 0 Å². The van der Waals surface area contributed by atoms with E-state index >= 15 is 0 Å². The lowest BCUT2D eigenvalue weighted by molar-refractivity contribution is -0.125. The summed E-state index contributed by atoms with van der Waals surface area (Å²) in [7, 11) is -2.25. The molecule has 0 aliphatic heterocycles. The number of carbonyl (C=O) groups is 1. The van der Waals surface area contributed by atoms with Gasteiger partial charge in [-0.3, -0.25) is 4.79 Å². The third kappa shape index (κ3) is 5.00. The number of rotatable bonds is 7. The lowest BCUT2D eigenvalue weighted by atomic mass is 10.1. The molecule has 1 N–H and O–H groups in total. The highest BCUT2D eigenvalue weighted by atomic mass is 35.5. The number of carbonyl (C=O) groups excluding carboxylic acids is 1. The number of halogens is 1. The summed E-state index contributed by atoms with van der Waals surface area (Å²) in [5.41, 5.74) is 1.15. The van der Waals surface area contributed by atoms with Crippen LogP contribution in [0, 0.1) is 0 Å². The summed E-state index contributed by atoms with van der Waals surface area (Å²) in [5.74, 6) is -0.0450. The lowest BCUT2D eigenvalue weighted by Crippen LogP contribution is -2.41. The SMILES string of the molecule is CN([C@H](C(=O)NCc1nc(-c2ccccc2Cl)no1)c1ccccc1)S(C)(=O)=O. The fourth-order valence-electron chi connectivity index (χ4n) is 2.69. The van der Waals surface area contributed by atoms with Crippen molar-refractivity contribution in [3.8, 4) is 11.4 Å². The van der Waals surface area contributed by atoms with Gasteiger partial charge in [0.05, 0.1) is 17.8 Å². The predicted molar refractivity (Wildman–Crippen MR) is 108 cm³/mol.